The highest BCUT2D eigenvalue weighted by Gasteiger charge is 2.42. The smallest absolute Gasteiger partial charge is 0.360 e. The first-order valence-electron chi connectivity index (χ1n) is 7.11. The number of ether oxygens (including phenoxy) is 1. The van der Waals surface area contributed by atoms with Gasteiger partial charge in [-0.3, -0.25) is 0 Å². The van der Waals surface area contributed by atoms with E-state index in [4.69, 9.17) is 9.15 Å². The standard InChI is InChI=1S/C14H20N2O5/c1-3-20-11(17)10-8-21-13(15-10)16-14(12(18)19)6-4-9(2)5-7-14/h8-9H,3-7H2,1-2H3,(H,15,16)(H,18,19). The van der Waals surface area contributed by atoms with Gasteiger partial charge in [-0.2, -0.15) is 4.98 Å². The number of anilines is 1. The second-order valence-electron chi connectivity index (χ2n) is 5.45. The van der Waals surface area contributed by atoms with E-state index in [1.165, 1.54) is 6.26 Å². The first-order valence-corrected chi connectivity index (χ1v) is 7.11. The lowest BCUT2D eigenvalue weighted by atomic mass is 9.77. The summed E-state index contributed by atoms with van der Waals surface area (Å²) in [4.78, 5) is 27.1. The number of carboxylic acids is 1. The van der Waals surface area contributed by atoms with E-state index in [1.807, 2.05) is 0 Å². The average Bonchev–Trinajstić information content (AvgIpc) is 2.90. The Kier molecular flexibility index (Phi) is 4.50. The van der Waals surface area contributed by atoms with E-state index >= 15 is 0 Å². The summed E-state index contributed by atoms with van der Waals surface area (Å²) in [5.74, 6) is -1.000. The van der Waals surface area contributed by atoms with E-state index in [9.17, 15) is 14.7 Å². The van der Waals surface area contributed by atoms with Gasteiger partial charge in [0.05, 0.1) is 6.61 Å². The van der Waals surface area contributed by atoms with Crippen LogP contribution in [0.15, 0.2) is 10.7 Å². The number of rotatable bonds is 5. The maximum Gasteiger partial charge on any atom is 0.360 e. The Morgan fingerprint density at radius 2 is 2.19 bits per heavy atom. The predicted octanol–water partition coefficient (Wildman–Crippen LogP) is 2.30. The third-order valence-corrected chi connectivity index (χ3v) is 3.87. The molecule has 0 spiro atoms. The highest BCUT2D eigenvalue weighted by molar-refractivity contribution is 5.87. The maximum absolute atomic E-state index is 11.6. The Hall–Kier alpha value is -2.05. The molecule has 0 unspecified atom stereocenters. The lowest BCUT2D eigenvalue weighted by Gasteiger charge is -2.35. The van der Waals surface area contributed by atoms with Gasteiger partial charge in [0.1, 0.15) is 11.8 Å². The summed E-state index contributed by atoms with van der Waals surface area (Å²) in [5, 5.41) is 12.4. The molecule has 116 valence electrons. The minimum absolute atomic E-state index is 0.0315. The number of carbonyl (C=O) groups is 2. The number of nitrogens with zero attached hydrogens (tertiary/aromatic N) is 1. The SMILES string of the molecule is CCOC(=O)c1coc(NC2(C(=O)O)CCC(C)CC2)n1. The van der Waals surface area contributed by atoms with Crippen molar-refractivity contribution in [3.63, 3.8) is 0 Å². The Morgan fingerprint density at radius 3 is 2.76 bits per heavy atom. The summed E-state index contributed by atoms with van der Waals surface area (Å²) < 4.78 is 9.96. The molecule has 2 rings (SSSR count). The molecule has 1 aliphatic rings. The van der Waals surface area contributed by atoms with Crippen LogP contribution in [0.4, 0.5) is 6.01 Å². The summed E-state index contributed by atoms with van der Waals surface area (Å²) in [6, 6.07) is 0.0370. The van der Waals surface area contributed by atoms with E-state index in [0.717, 1.165) is 12.8 Å². The molecular formula is C14H20N2O5. The Morgan fingerprint density at radius 1 is 1.52 bits per heavy atom. The fourth-order valence-electron chi connectivity index (χ4n) is 2.48. The number of carbonyl (C=O) groups excluding carboxylic acids is 1. The topological polar surface area (TPSA) is 102 Å². The van der Waals surface area contributed by atoms with Crippen molar-refractivity contribution in [2.75, 3.05) is 11.9 Å². The zero-order valence-electron chi connectivity index (χ0n) is 12.2. The molecule has 1 aromatic heterocycles. The number of oxazole rings is 1. The number of nitrogens with one attached hydrogen (secondary N) is 1. The second-order valence-corrected chi connectivity index (χ2v) is 5.45. The predicted molar refractivity (Wildman–Crippen MR) is 74.1 cm³/mol. The van der Waals surface area contributed by atoms with Gasteiger partial charge in [-0.15, -0.1) is 0 Å². The molecule has 0 amide bonds. The van der Waals surface area contributed by atoms with E-state index in [0.29, 0.717) is 18.8 Å². The van der Waals surface area contributed by atoms with Crippen LogP contribution >= 0.6 is 0 Å². The molecular weight excluding hydrogens is 276 g/mol. The van der Waals surface area contributed by atoms with Crippen LogP contribution in [0, 0.1) is 5.92 Å². The van der Waals surface area contributed by atoms with Gasteiger partial charge in [0.15, 0.2) is 5.69 Å². The number of esters is 1. The molecule has 0 aliphatic heterocycles. The maximum atomic E-state index is 11.6. The summed E-state index contributed by atoms with van der Waals surface area (Å²) in [7, 11) is 0. The first-order chi connectivity index (χ1) is 9.97. The van der Waals surface area contributed by atoms with Gasteiger partial charge in [-0.05, 0) is 38.5 Å². The Balaban J connectivity index is 2.11. The molecule has 2 N–H and O–H groups in total. The van der Waals surface area contributed by atoms with Crippen molar-refractivity contribution in [3.8, 4) is 0 Å². The van der Waals surface area contributed by atoms with Crippen LogP contribution in [-0.4, -0.2) is 34.2 Å². The van der Waals surface area contributed by atoms with Gasteiger partial charge >= 0.3 is 11.9 Å². The molecule has 7 heteroatoms. The Bertz CT molecular complexity index is 517. The summed E-state index contributed by atoms with van der Waals surface area (Å²) >= 11 is 0. The number of aromatic nitrogens is 1. The molecule has 0 bridgehead atoms. The number of carboxylic acid groups (broad SMARTS) is 1. The van der Waals surface area contributed by atoms with Gasteiger partial charge in [0, 0.05) is 0 Å². The highest BCUT2D eigenvalue weighted by Crippen LogP contribution is 2.34. The molecule has 0 saturated heterocycles. The molecule has 1 fully saturated rings. The fourth-order valence-corrected chi connectivity index (χ4v) is 2.48. The molecule has 1 aliphatic carbocycles. The van der Waals surface area contributed by atoms with Crippen molar-refractivity contribution in [2.45, 2.75) is 45.1 Å². The summed E-state index contributed by atoms with van der Waals surface area (Å²) in [6.45, 7) is 4.04. The van der Waals surface area contributed by atoms with E-state index in [1.54, 1.807) is 6.92 Å². The van der Waals surface area contributed by atoms with Crippen molar-refractivity contribution in [1.29, 1.82) is 0 Å². The largest absolute Gasteiger partial charge is 0.480 e. The van der Waals surface area contributed by atoms with Gasteiger partial charge in [-0.1, -0.05) is 6.92 Å². The van der Waals surface area contributed by atoms with Crippen LogP contribution in [0.2, 0.25) is 0 Å². The van der Waals surface area contributed by atoms with Crippen LogP contribution in [0.1, 0.15) is 50.0 Å². The normalized spacial score (nSPS) is 25.3. The van der Waals surface area contributed by atoms with Crippen LogP contribution in [0.5, 0.6) is 0 Å². The monoisotopic (exact) mass is 296 g/mol. The fraction of sp³-hybridized carbons (Fsp3) is 0.643. The molecule has 0 atom stereocenters. The van der Waals surface area contributed by atoms with Crippen molar-refractivity contribution >= 4 is 18.0 Å². The third-order valence-electron chi connectivity index (χ3n) is 3.87. The average molecular weight is 296 g/mol. The third kappa shape index (κ3) is 3.34. The van der Waals surface area contributed by atoms with Crippen molar-refractivity contribution in [2.24, 2.45) is 5.92 Å². The minimum Gasteiger partial charge on any atom is -0.480 e. The molecule has 0 aromatic carbocycles. The summed E-state index contributed by atoms with van der Waals surface area (Å²) in [6.07, 6.45) is 3.82. The number of aliphatic carboxylic acids is 1. The van der Waals surface area contributed by atoms with Crippen molar-refractivity contribution < 1.29 is 23.8 Å². The van der Waals surface area contributed by atoms with Gasteiger partial charge < -0.3 is 19.6 Å². The van der Waals surface area contributed by atoms with Crippen LogP contribution in [0.25, 0.3) is 0 Å². The number of hydrogen-bond acceptors (Lipinski definition) is 6. The first kappa shape index (κ1) is 15.3. The molecule has 1 aromatic rings. The quantitative estimate of drug-likeness (QED) is 0.804. The summed E-state index contributed by atoms with van der Waals surface area (Å²) in [5.41, 5.74) is -1.05. The van der Waals surface area contributed by atoms with Crippen molar-refractivity contribution in [3.05, 3.63) is 12.0 Å². The molecule has 1 saturated carbocycles. The van der Waals surface area contributed by atoms with Gasteiger partial charge in [0.2, 0.25) is 0 Å². The second kappa shape index (κ2) is 6.15. The van der Waals surface area contributed by atoms with Crippen molar-refractivity contribution in [1.82, 2.24) is 4.98 Å². The lowest BCUT2D eigenvalue weighted by molar-refractivity contribution is -0.143. The molecule has 1 heterocycles. The zero-order valence-corrected chi connectivity index (χ0v) is 12.2. The highest BCUT2D eigenvalue weighted by atomic mass is 16.5. The molecule has 7 nitrogen and oxygen atoms in total. The molecule has 0 radical (unpaired) electrons. The van der Waals surface area contributed by atoms with Gasteiger partial charge in [-0.25, -0.2) is 9.59 Å². The number of hydrogen-bond donors (Lipinski definition) is 2. The van der Waals surface area contributed by atoms with Crippen LogP contribution in [-0.2, 0) is 9.53 Å². The van der Waals surface area contributed by atoms with E-state index < -0.39 is 17.5 Å². The van der Waals surface area contributed by atoms with E-state index in [2.05, 4.69) is 17.2 Å². The lowest BCUT2D eigenvalue weighted by Crippen LogP contribution is -2.49. The molecule has 21 heavy (non-hydrogen) atoms. The minimum atomic E-state index is -1.08. The van der Waals surface area contributed by atoms with Gasteiger partial charge in [0.25, 0.3) is 6.01 Å². The zero-order chi connectivity index (χ0) is 15.5. The van der Waals surface area contributed by atoms with E-state index in [-0.39, 0.29) is 18.3 Å². The van der Waals surface area contributed by atoms with Crippen LogP contribution in [0.3, 0.4) is 0 Å². The Labute approximate surface area is 122 Å². The van der Waals surface area contributed by atoms with Crippen LogP contribution < -0.4 is 5.32 Å².